The maximum absolute atomic E-state index is 12.6. The molecule has 0 unspecified atom stereocenters. The molecule has 0 spiro atoms. The van der Waals surface area contributed by atoms with Gasteiger partial charge in [0.2, 0.25) is 5.91 Å². The van der Waals surface area contributed by atoms with Crippen LogP contribution in [0.25, 0.3) is 0 Å². The van der Waals surface area contributed by atoms with Crippen molar-refractivity contribution < 1.29 is 14.3 Å². The minimum Gasteiger partial charge on any atom is -0.373 e. The van der Waals surface area contributed by atoms with E-state index in [4.69, 9.17) is 4.74 Å². The van der Waals surface area contributed by atoms with Crippen molar-refractivity contribution >= 4 is 29.3 Å². The van der Waals surface area contributed by atoms with E-state index in [1.165, 1.54) is 11.8 Å². The lowest BCUT2D eigenvalue weighted by molar-refractivity contribution is -0.113. The number of carbonyl (C=O) groups is 2. The molecule has 0 aliphatic carbocycles. The van der Waals surface area contributed by atoms with Crippen molar-refractivity contribution in [2.45, 2.75) is 50.6 Å². The van der Waals surface area contributed by atoms with Gasteiger partial charge in [-0.15, -0.1) is 0 Å². The average Bonchev–Trinajstić information content (AvgIpc) is 3.15. The van der Waals surface area contributed by atoms with Crippen LogP contribution in [0.15, 0.2) is 41.8 Å². The van der Waals surface area contributed by atoms with E-state index < -0.39 is 0 Å². The van der Waals surface area contributed by atoms with E-state index in [-0.39, 0.29) is 35.3 Å². The van der Waals surface area contributed by atoms with Crippen LogP contribution in [0.4, 0.5) is 5.69 Å². The number of nitrogens with zero attached hydrogens (tertiary/aromatic N) is 3. The molecule has 0 radical (unpaired) electrons. The van der Waals surface area contributed by atoms with Gasteiger partial charge in [-0.05, 0) is 52.0 Å². The molecule has 2 heterocycles. The Bertz CT molecular complexity index is 918. The molecule has 1 aliphatic rings. The summed E-state index contributed by atoms with van der Waals surface area (Å²) in [6.45, 7) is 10.7. The van der Waals surface area contributed by atoms with Gasteiger partial charge in [-0.2, -0.15) is 0 Å². The number of aryl methyl sites for hydroxylation is 1. The van der Waals surface area contributed by atoms with Gasteiger partial charge >= 0.3 is 0 Å². The molecule has 1 fully saturated rings. The Morgan fingerprint density at radius 1 is 1.19 bits per heavy atom. The number of carbonyl (C=O) groups excluding carboxylic acids is 2. The van der Waals surface area contributed by atoms with Gasteiger partial charge in [0.15, 0.2) is 5.16 Å². The molecule has 0 saturated carbocycles. The SMILES string of the molecule is C[C@@H]1CN(C(C)(C)CNC(=O)c2ccc(NC(=O)CSc3nccn3C)cc2)C[C@@H](C)O1. The molecule has 2 aromatic rings. The molecule has 9 heteroatoms. The first-order valence-corrected chi connectivity index (χ1v) is 11.8. The highest BCUT2D eigenvalue weighted by molar-refractivity contribution is 7.99. The quantitative estimate of drug-likeness (QED) is 0.590. The standard InChI is InChI=1S/C23H33N5O3S/c1-16-12-28(13-17(2)31-16)23(3,4)15-25-21(30)18-6-8-19(9-7-18)26-20(29)14-32-22-24-10-11-27(22)5/h6-11,16-17H,12-15H2,1-5H3,(H,25,30)(H,26,29)/t16-,17-/m1/s1. The minimum atomic E-state index is -0.180. The minimum absolute atomic E-state index is 0.120. The fourth-order valence-corrected chi connectivity index (χ4v) is 4.44. The summed E-state index contributed by atoms with van der Waals surface area (Å²) >= 11 is 1.37. The Hall–Kier alpha value is -2.36. The Labute approximate surface area is 194 Å². The van der Waals surface area contributed by atoms with Crippen molar-refractivity contribution in [1.82, 2.24) is 19.8 Å². The summed E-state index contributed by atoms with van der Waals surface area (Å²) < 4.78 is 7.69. The molecule has 174 valence electrons. The highest BCUT2D eigenvalue weighted by Gasteiger charge is 2.33. The van der Waals surface area contributed by atoms with Crippen molar-refractivity contribution in [1.29, 1.82) is 0 Å². The number of imidazole rings is 1. The number of aromatic nitrogens is 2. The third-order valence-electron chi connectivity index (χ3n) is 5.50. The monoisotopic (exact) mass is 459 g/mol. The number of rotatable bonds is 8. The zero-order valence-corrected chi connectivity index (χ0v) is 20.2. The summed E-state index contributed by atoms with van der Waals surface area (Å²) in [5.41, 5.74) is 1.04. The Morgan fingerprint density at radius 2 is 1.84 bits per heavy atom. The largest absolute Gasteiger partial charge is 0.373 e. The van der Waals surface area contributed by atoms with Crippen molar-refractivity contribution in [3.8, 4) is 0 Å². The van der Waals surface area contributed by atoms with Gasteiger partial charge in [0.1, 0.15) is 0 Å². The first kappa shape index (κ1) is 24.3. The molecule has 32 heavy (non-hydrogen) atoms. The number of benzene rings is 1. The van der Waals surface area contributed by atoms with Crippen LogP contribution in [0.3, 0.4) is 0 Å². The van der Waals surface area contributed by atoms with Crippen LogP contribution in [-0.2, 0) is 16.6 Å². The van der Waals surface area contributed by atoms with E-state index in [9.17, 15) is 9.59 Å². The van der Waals surface area contributed by atoms with Gasteiger partial charge in [0, 0.05) is 55.9 Å². The summed E-state index contributed by atoms with van der Waals surface area (Å²) in [5.74, 6) is 0.0163. The van der Waals surface area contributed by atoms with E-state index in [1.807, 2.05) is 17.8 Å². The van der Waals surface area contributed by atoms with Crippen molar-refractivity contribution in [2.24, 2.45) is 7.05 Å². The van der Waals surface area contributed by atoms with Gasteiger partial charge in [-0.1, -0.05) is 11.8 Å². The fraction of sp³-hybridized carbons (Fsp3) is 0.522. The molecular weight excluding hydrogens is 426 g/mol. The topological polar surface area (TPSA) is 88.5 Å². The summed E-state index contributed by atoms with van der Waals surface area (Å²) in [4.78, 5) is 31.4. The van der Waals surface area contributed by atoms with E-state index >= 15 is 0 Å². The molecule has 1 aromatic carbocycles. The number of nitrogens with one attached hydrogen (secondary N) is 2. The molecule has 2 amide bonds. The van der Waals surface area contributed by atoms with Gasteiger partial charge in [0.05, 0.1) is 18.0 Å². The van der Waals surface area contributed by atoms with Gasteiger partial charge in [-0.25, -0.2) is 4.98 Å². The first-order valence-electron chi connectivity index (χ1n) is 10.8. The molecule has 0 bridgehead atoms. The molecular formula is C23H33N5O3S. The van der Waals surface area contributed by atoms with Gasteiger partial charge in [0.25, 0.3) is 5.91 Å². The van der Waals surface area contributed by atoms with Crippen molar-refractivity contribution in [3.63, 3.8) is 0 Å². The highest BCUT2D eigenvalue weighted by atomic mass is 32.2. The molecule has 2 atom stereocenters. The van der Waals surface area contributed by atoms with E-state index in [0.717, 1.165) is 18.2 Å². The molecule has 8 nitrogen and oxygen atoms in total. The van der Waals surface area contributed by atoms with Crippen LogP contribution in [-0.4, -0.2) is 69.4 Å². The molecule has 3 rings (SSSR count). The maximum Gasteiger partial charge on any atom is 0.251 e. The third-order valence-corrected chi connectivity index (χ3v) is 6.56. The third kappa shape index (κ3) is 6.57. The summed E-state index contributed by atoms with van der Waals surface area (Å²) in [5, 5.41) is 6.68. The first-order chi connectivity index (χ1) is 15.1. The second-order valence-electron chi connectivity index (χ2n) is 8.89. The highest BCUT2D eigenvalue weighted by Crippen LogP contribution is 2.21. The summed E-state index contributed by atoms with van der Waals surface area (Å²) in [6, 6.07) is 6.94. The lowest BCUT2D eigenvalue weighted by Crippen LogP contribution is -2.58. The number of hydrogen-bond donors (Lipinski definition) is 2. The second-order valence-corrected chi connectivity index (χ2v) is 9.83. The molecule has 1 saturated heterocycles. The number of anilines is 1. The Kier molecular flexibility index (Phi) is 7.97. The van der Waals surface area contributed by atoms with E-state index in [0.29, 0.717) is 17.8 Å². The maximum atomic E-state index is 12.6. The van der Waals surface area contributed by atoms with Crippen LogP contribution in [0.1, 0.15) is 38.1 Å². The lowest BCUT2D eigenvalue weighted by Gasteiger charge is -2.45. The zero-order chi connectivity index (χ0) is 23.3. The number of thioether (sulfide) groups is 1. The van der Waals surface area contributed by atoms with Crippen molar-refractivity contribution in [2.75, 3.05) is 30.7 Å². The van der Waals surface area contributed by atoms with E-state index in [1.54, 1.807) is 30.5 Å². The summed E-state index contributed by atoms with van der Waals surface area (Å²) in [7, 11) is 1.89. The fourth-order valence-electron chi connectivity index (χ4n) is 3.71. The van der Waals surface area contributed by atoms with Crippen LogP contribution in [0.2, 0.25) is 0 Å². The number of morpholine rings is 1. The number of ether oxygens (including phenoxy) is 1. The van der Waals surface area contributed by atoms with Crippen LogP contribution in [0, 0.1) is 0 Å². The number of amides is 2. The van der Waals surface area contributed by atoms with Crippen LogP contribution < -0.4 is 10.6 Å². The summed E-state index contributed by atoms with van der Waals surface area (Å²) in [6.07, 6.45) is 3.90. The van der Waals surface area contributed by atoms with E-state index in [2.05, 4.69) is 48.2 Å². The predicted molar refractivity (Wildman–Crippen MR) is 127 cm³/mol. The molecule has 1 aromatic heterocycles. The Morgan fingerprint density at radius 3 is 2.44 bits per heavy atom. The smallest absolute Gasteiger partial charge is 0.251 e. The lowest BCUT2D eigenvalue weighted by atomic mass is 10.00. The number of hydrogen-bond acceptors (Lipinski definition) is 6. The van der Waals surface area contributed by atoms with Crippen molar-refractivity contribution in [3.05, 3.63) is 42.2 Å². The molecule has 1 aliphatic heterocycles. The van der Waals surface area contributed by atoms with Crippen LogP contribution >= 0.6 is 11.8 Å². The Balaban J connectivity index is 1.48. The van der Waals surface area contributed by atoms with Gasteiger partial charge < -0.3 is 19.9 Å². The second kappa shape index (κ2) is 10.5. The normalized spacial score (nSPS) is 19.5. The van der Waals surface area contributed by atoms with Gasteiger partial charge in [-0.3, -0.25) is 14.5 Å². The molecule has 2 N–H and O–H groups in total. The van der Waals surface area contributed by atoms with Crippen LogP contribution in [0.5, 0.6) is 0 Å². The zero-order valence-electron chi connectivity index (χ0n) is 19.4. The average molecular weight is 460 g/mol. The predicted octanol–water partition coefficient (Wildman–Crippen LogP) is 2.77.